The normalized spacial score (nSPS) is 10.2. The van der Waals surface area contributed by atoms with Gasteiger partial charge in [0.15, 0.2) is 23.2 Å². The van der Waals surface area contributed by atoms with Gasteiger partial charge < -0.3 is 9.47 Å². The van der Waals surface area contributed by atoms with Crippen LogP contribution in [0.2, 0.25) is 0 Å². The molecule has 0 fully saturated rings. The molecule has 0 unspecified atom stereocenters. The first kappa shape index (κ1) is 22.3. The number of hydrogen-bond acceptors (Lipinski definition) is 7. The van der Waals surface area contributed by atoms with Crippen LogP contribution in [-0.4, -0.2) is 35.6 Å². The quantitative estimate of drug-likeness (QED) is 0.262. The van der Waals surface area contributed by atoms with Gasteiger partial charge >= 0.3 is 0 Å². The number of carbonyl (C=O) groups is 2. The Balaban J connectivity index is 1.73. The molecule has 0 aliphatic heterocycles. The Kier molecular flexibility index (Phi) is 8.27. The van der Waals surface area contributed by atoms with E-state index in [9.17, 15) is 19.7 Å². The van der Waals surface area contributed by atoms with Crippen molar-refractivity contribution in [1.82, 2.24) is 16.2 Å². The molecule has 2 rings (SSSR count). The maximum absolute atomic E-state index is 11.8. The van der Waals surface area contributed by atoms with Crippen LogP contribution in [-0.2, 0) is 9.59 Å². The molecule has 0 spiro atoms. The highest BCUT2D eigenvalue weighted by atomic mass is 32.1. The first-order valence-corrected chi connectivity index (χ1v) is 8.88. The number of carbonyl (C=O) groups excluding carboxylic acids is 2. The van der Waals surface area contributed by atoms with Crippen LogP contribution in [0, 0.1) is 10.1 Å². The van der Waals surface area contributed by atoms with Gasteiger partial charge in [-0.15, -0.1) is 0 Å². The molecule has 0 aromatic heterocycles. The van der Waals surface area contributed by atoms with Crippen LogP contribution in [0.15, 0.2) is 54.6 Å². The number of methoxy groups -OCH3 is 1. The van der Waals surface area contributed by atoms with E-state index in [2.05, 4.69) is 16.2 Å². The number of amides is 2. The topological polar surface area (TPSA) is 132 Å². The zero-order valence-corrected chi connectivity index (χ0v) is 16.6. The Morgan fingerprint density at radius 3 is 2.40 bits per heavy atom. The molecule has 0 aliphatic carbocycles. The van der Waals surface area contributed by atoms with Crippen LogP contribution in [0.3, 0.4) is 0 Å². The van der Waals surface area contributed by atoms with Crippen molar-refractivity contribution < 1.29 is 24.0 Å². The summed E-state index contributed by atoms with van der Waals surface area (Å²) >= 11 is 4.92. The Morgan fingerprint density at radius 1 is 1.10 bits per heavy atom. The SMILES string of the molecule is COc1ccccc1OCC(=O)NNC(=S)NC(=O)/C=C/c1ccc([N+](=O)[O-])cc1. The van der Waals surface area contributed by atoms with E-state index in [-0.39, 0.29) is 17.4 Å². The third kappa shape index (κ3) is 7.20. The molecule has 30 heavy (non-hydrogen) atoms. The Hall–Kier alpha value is -3.99. The maximum Gasteiger partial charge on any atom is 0.276 e. The molecule has 0 bridgehead atoms. The number of thiocarbonyl (C=S) groups is 1. The van der Waals surface area contributed by atoms with Crippen LogP contribution in [0.4, 0.5) is 5.69 Å². The van der Waals surface area contributed by atoms with E-state index >= 15 is 0 Å². The largest absolute Gasteiger partial charge is 0.493 e. The zero-order valence-electron chi connectivity index (χ0n) is 15.8. The summed E-state index contributed by atoms with van der Waals surface area (Å²) in [6.45, 7) is -0.302. The van der Waals surface area contributed by atoms with Gasteiger partial charge in [-0.2, -0.15) is 0 Å². The Labute approximate surface area is 177 Å². The number of benzene rings is 2. The standard InChI is InChI=1S/C19H18N4O6S/c1-28-15-4-2-3-5-16(15)29-12-18(25)21-22-19(30)20-17(24)11-8-13-6-9-14(10-7-13)23(26)27/h2-11H,12H2,1H3,(H,21,25)(H2,20,22,24,30)/b11-8+. The molecule has 0 radical (unpaired) electrons. The summed E-state index contributed by atoms with van der Waals surface area (Å²) < 4.78 is 10.5. The van der Waals surface area contributed by atoms with Gasteiger partial charge in [0.2, 0.25) is 5.91 Å². The van der Waals surface area contributed by atoms with Crippen LogP contribution in [0.1, 0.15) is 5.56 Å². The molecule has 0 saturated carbocycles. The molecule has 0 aliphatic rings. The molecule has 2 aromatic carbocycles. The summed E-state index contributed by atoms with van der Waals surface area (Å²) in [6, 6.07) is 12.5. The lowest BCUT2D eigenvalue weighted by Gasteiger charge is -2.12. The second-order valence-electron chi connectivity index (χ2n) is 5.61. The van der Waals surface area contributed by atoms with Crippen molar-refractivity contribution in [2.45, 2.75) is 0 Å². The smallest absolute Gasteiger partial charge is 0.276 e. The molecule has 10 nitrogen and oxygen atoms in total. The fraction of sp³-hybridized carbons (Fsp3) is 0.105. The molecule has 11 heteroatoms. The number of nitro benzene ring substituents is 1. The number of rotatable bonds is 7. The fourth-order valence-electron chi connectivity index (χ4n) is 2.11. The highest BCUT2D eigenvalue weighted by Crippen LogP contribution is 2.25. The van der Waals surface area contributed by atoms with Crippen molar-refractivity contribution in [3.8, 4) is 11.5 Å². The number of hydrazine groups is 1. The van der Waals surface area contributed by atoms with Gasteiger partial charge in [-0.05, 0) is 48.1 Å². The Morgan fingerprint density at radius 2 is 1.77 bits per heavy atom. The predicted molar refractivity (Wildman–Crippen MR) is 113 cm³/mol. The van der Waals surface area contributed by atoms with Gasteiger partial charge in [-0.25, -0.2) is 0 Å². The second kappa shape index (κ2) is 11.1. The first-order chi connectivity index (χ1) is 14.4. The zero-order chi connectivity index (χ0) is 21.9. The lowest BCUT2D eigenvalue weighted by Crippen LogP contribution is -2.49. The third-order valence-electron chi connectivity index (χ3n) is 3.51. The predicted octanol–water partition coefficient (Wildman–Crippen LogP) is 1.72. The van der Waals surface area contributed by atoms with E-state index in [0.29, 0.717) is 17.1 Å². The number of nitrogens with zero attached hydrogens (tertiary/aromatic N) is 1. The van der Waals surface area contributed by atoms with Crippen LogP contribution in [0.25, 0.3) is 6.08 Å². The number of ether oxygens (including phenoxy) is 2. The Bertz CT molecular complexity index is 962. The van der Waals surface area contributed by atoms with Crippen LogP contribution < -0.4 is 25.6 Å². The summed E-state index contributed by atoms with van der Waals surface area (Å²) in [5.41, 5.74) is 5.21. The molecule has 3 N–H and O–H groups in total. The summed E-state index contributed by atoms with van der Waals surface area (Å²) in [6.07, 6.45) is 2.66. The van der Waals surface area contributed by atoms with Crippen molar-refractivity contribution in [1.29, 1.82) is 0 Å². The van der Waals surface area contributed by atoms with Gasteiger partial charge in [0.05, 0.1) is 12.0 Å². The number of nitro groups is 1. The summed E-state index contributed by atoms with van der Waals surface area (Å²) in [4.78, 5) is 33.8. The minimum Gasteiger partial charge on any atom is -0.493 e. The lowest BCUT2D eigenvalue weighted by molar-refractivity contribution is -0.384. The minimum atomic E-state index is -0.551. The van der Waals surface area contributed by atoms with Crippen molar-refractivity contribution in [3.63, 3.8) is 0 Å². The van der Waals surface area contributed by atoms with E-state index in [1.54, 1.807) is 24.3 Å². The van der Waals surface area contributed by atoms with Gasteiger partial charge in [0.1, 0.15) is 0 Å². The highest BCUT2D eigenvalue weighted by molar-refractivity contribution is 7.80. The number of nitrogens with one attached hydrogen (secondary N) is 3. The van der Waals surface area contributed by atoms with Crippen molar-refractivity contribution in [2.75, 3.05) is 13.7 Å². The van der Waals surface area contributed by atoms with Gasteiger partial charge in [-0.1, -0.05) is 12.1 Å². The van der Waals surface area contributed by atoms with Crippen molar-refractivity contribution >= 4 is 40.9 Å². The monoisotopic (exact) mass is 430 g/mol. The number of non-ortho nitro benzene ring substituents is 1. The van der Waals surface area contributed by atoms with E-state index in [4.69, 9.17) is 21.7 Å². The van der Waals surface area contributed by atoms with Crippen LogP contribution in [0.5, 0.6) is 11.5 Å². The molecule has 2 aromatic rings. The fourth-order valence-corrected chi connectivity index (χ4v) is 2.26. The van der Waals surface area contributed by atoms with E-state index in [1.807, 2.05) is 0 Å². The summed E-state index contributed by atoms with van der Waals surface area (Å²) in [7, 11) is 1.49. The molecule has 2 amide bonds. The van der Waals surface area contributed by atoms with Crippen molar-refractivity contribution in [3.05, 3.63) is 70.3 Å². The highest BCUT2D eigenvalue weighted by Gasteiger charge is 2.08. The molecular weight excluding hydrogens is 412 g/mol. The van der Waals surface area contributed by atoms with Gasteiger partial charge in [0.25, 0.3) is 11.6 Å². The summed E-state index contributed by atoms with van der Waals surface area (Å²) in [5.74, 6) is -0.187. The second-order valence-corrected chi connectivity index (χ2v) is 6.02. The molecule has 0 atom stereocenters. The lowest BCUT2D eigenvalue weighted by atomic mass is 10.2. The maximum atomic E-state index is 11.8. The summed E-state index contributed by atoms with van der Waals surface area (Å²) in [5, 5.41) is 12.8. The average molecular weight is 430 g/mol. The van der Waals surface area contributed by atoms with E-state index in [1.165, 1.54) is 43.5 Å². The van der Waals surface area contributed by atoms with E-state index in [0.717, 1.165) is 0 Å². The minimum absolute atomic E-state index is 0.0487. The molecular formula is C19H18N4O6S. The molecule has 156 valence electrons. The number of hydrogen-bond donors (Lipinski definition) is 3. The van der Waals surface area contributed by atoms with Gasteiger partial charge in [0, 0.05) is 18.2 Å². The van der Waals surface area contributed by atoms with Crippen molar-refractivity contribution in [2.24, 2.45) is 0 Å². The van der Waals surface area contributed by atoms with Gasteiger partial charge in [-0.3, -0.25) is 35.9 Å². The first-order valence-electron chi connectivity index (χ1n) is 8.47. The third-order valence-corrected chi connectivity index (χ3v) is 3.72. The average Bonchev–Trinajstić information content (AvgIpc) is 2.75. The number of para-hydroxylation sites is 2. The van der Waals surface area contributed by atoms with Crippen LogP contribution >= 0.6 is 12.2 Å². The van der Waals surface area contributed by atoms with E-state index < -0.39 is 16.7 Å². The molecule has 0 saturated heterocycles. The molecule has 0 heterocycles.